The van der Waals surface area contributed by atoms with Gasteiger partial charge in [0.1, 0.15) is 5.82 Å². The van der Waals surface area contributed by atoms with E-state index in [4.69, 9.17) is 0 Å². The Hall–Kier alpha value is -3.61. The molecule has 6 nitrogen and oxygen atoms in total. The lowest BCUT2D eigenvalue weighted by molar-refractivity contribution is 0.0984. The number of hydrogen-bond donors (Lipinski definition) is 0. The molecule has 0 spiro atoms. The summed E-state index contributed by atoms with van der Waals surface area (Å²) in [6, 6.07) is 15.1. The lowest BCUT2D eigenvalue weighted by Crippen LogP contribution is -2.31. The first-order valence-corrected chi connectivity index (χ1v) is 9.25. The van der Waals surface area contributed by atoms with Crippen LogP contribution in [-0.4, -0.2) is 25.5 Å². The van der Waals surface area contributed by atoms with Gasteiger partial charge in [-0.25, -0.2) is 13.9 Å². The molecule has 2 heterocycles. The summed E-state index contributed by atoms with van der Waals surface area (Å²) in [5.74, 6) is 0.365. The number of fused-ring (bicyclic) bond motifs is 1. The van der Waals surface area contributed by atoms with E-state index in [1.165, 1.54) is 12.1 Å². The number of nitrogens with zero attached hydrogens (tertiary/aromatic N) is 5. The first-order valence-electron chi connectivity index (χ1n) is 9.25. The van der Waals surface area contributed by atoms with E-state index in [0.29, 0.717) is 22.9 Å². The van der Waals surface area contributed by atoms with Crippen LogP contribution < -0.4 is 4.90 Å². The highest BCUT2D eigenvalue weighted by atomic mass is 19.1. The third-order valence-corrected chi connectivity index (χ3v) is 4.64. The number of carbonyl (C=O) groups excluding carboxylic acids is 1. The normalized spacial score (nSPS) is 11.0. The van der Waals surface area contributed by atoms with Gasteiger partial charge >= 0.3 is 0 Å². The van der Waals surface area contributed by atoms with E-state index in [-0.39, 0.29) is 18.3 Å². The van der Waals surface area contributed by atoms with Gasteiger partial charge in [0.2, 0.25) is 0 Å². The molecule has 146 valence electrons. The van der Waals surface area contributed by atoms with E-state index >= 15 is 0 Å². The Morgan fingerprint density at radius 2 is 1.69 bits per heavy atom. The molecule has 7 heteroatoms. The molecule has 0 N–H and O–H groups in total. The van der Waals surface area contributed by atoms with E-state index in [9.17, 15) is 9.18 Å². The van der Waals surface area contributed by atoms with Gasteiger partial charge in [0, 0.05) is 22.6 Å². The van der Waals surface area contributed by atoms with Gasteiger partial charge in [-0.15, -0.1) is 5.10 Å². The molecule has 2 aromatic carbocycles. The van der Waals surface area contributed by atoms with Crippen molar-refractivity contribution in [2.75, 3.05) is 4.90 Å². The minimum atomic E-state index is -0.363. The molecule has 0 fully saturated rings. The Balaban J connectivity index is 1.74. The zero-order chi connectivity index (χ0) is 20.5. The zero-order valence-corrected chi connectivity index (χ0v) is 16.4. The molecule has 0 saturated carbocycles. The average Bonchev–Trinajstić information content (AvgIpc) is 3.10. The number of benzene rings is 2. The summed E-state index contributed by atoms with van der Waals surface area (Å²) in [5.41, 5.74) is 3.92. The maximum Gasteiger partial charge on any atom is 0.258 e. The van der Waals surface area contributed by atoms with Crippen LogP contribution in [0.1, 0.15) is 33.1 Å². The number of aryl methyl sites for hydroxylation is 3. The zero-order valence-electron chi connectivity index (χ0n) is 16.4. The Bertz CT molecular complexity index is 1180. The predicted molar refractivity (Wildman–Crippen MR) is 108 cm³/mol. The maximum absolute atomic E-state index is 13.4. The first kappa shape index (κ1) is 18.7. The fourth-order valence-corrected chi connectivity index (χ4v) is 3.17. The van der Waals surface area contributed by atoms with Crippen LogP contribution in [0.25, 0.3) is 5.78 Å². The summed E-state index contributed by atoms with van der Waals surface area (Å²) in [6.45, 7) is 5.92. The van der Waals surface area contributed by atoms with Gasteiger partial charge in [-0.05, 0) is 63.2 Å². The number of anilines is 1. The fourth-order valence-electron chi connectivity index (χ4n) is 3.17. The van der Waals surface area contributed by atoms with E-state index in [1.54, 1.807) is 33.7 Å². The van der Waals surface area contributed by atoms with Crippen LogP contribution in [0.15, 0.2) is 54.6 Å². The summed E-state index contributed by atoms with van der Waals surface area (Å²) >= 11 is 0. The molecular weight excluding hydrogens is 369 g/mol. The monoisotopic (exact) mass is 389 g/mol. The number of amides is 1. The summed E-state index contributed by atoms with van der Waals surface area (Å²) in [4.78, 5) is 23.7. The standard InChI is InChI=1S/C22H20FN5O/c1-14-4-6-17(7-5-14)21(29)27(19-10-8-18(23)9-11-19)13-20-25-22-24-15(2)12-16(3)28(22)26-20/h4-12H,13H2,1-3H3. The molecule has 0 aliphatic rings. The highest BCUT2D eigenvalue weighted by Crippen LogP contribution is 2.21. The van der Waals surface area contributed by atoms with Crippen LogP contribution in [0, 0.1) is 26.6 Å². The lowest BCUT2D eigenvalue weighted by atomic mass is 10.1. The van der Waals surface area contributed by atoms with Gasteiger partial charge in [-0.2, -0.15) is 4.98 Å². The molecule has 0 saturated heterocycles. The van der Waals surface area contributed by atoms with E-state index in [1.807, 2.05) is 39.0 Å². The van der Waals surface area contributed by atoms with Crippen molar-refractivity contribution in [3.05, 3.63) is 88.8 Å². The molecule has 0 atom stereocenters. The summed E-state index contributed by atoms with van der Waals surface area (Å²) in [5, 5.41) is 4.50. The van der Waals surface area contributed by atoms with Crippen molar-refractivity contribution in [1.82, 2.24) is 19.6 Å². The van der Waals surface area contributed by atoms with E-state index in [0.717, 1.165) is 17.0 Å². The number of hydrogen-bond acceptors (Lipinski definition) is 4. The third-order valence-electron chi connectivity index (χ3n) is 4.64. The van der Waals surface area contributed by atoms with Crippen molar-refractivity contribution in [2.24, 2.45) is 0 Å². The van der Waals surface area contributed by atoms with Gasteiger partial charge in [0.25, 0.3) is 11.7 Å². The average molecular weight is 389 g/mol. The molecule has 4 aromatic rings. The largest absolute Gasteiger partial charge is 0.301 e. The first-order chi connectivity index (χ1) is 13.9. The summed E-state index contributed by atoms with van der Waals surface area (Å²) in [6.07, 6.45) is 0. The van der Waals surface area contributed by atoms with Crippen LogP contribution >= 0.6 is 0 Å². The molecule has 4 rings (SSSR count). The molecule has 0 radical (unpaired) electrons. The van der Waals surface area contributed by atoms with Crippen molar-refractivity contribution < 1.29 is 9.18 Å². The topological polar surface area (TPSA) is 63.4 Å². The predicted octanol–water partition coefficient (Wildman–Crippen LogP) is 4.04. The molecule has 0 aliphatic carbocycles. The smallest absolute Gasteiger partial charge is 0.258 e. The fraction of sp³-hybridized carbons (Fsp3) is 0.182. The number of halogens is 1. The molecule has 0 unspecified atom stereocenters. The van der Waals surface area contributed by atoms with Crippen LogP contribution in [0.3, 0.4) is 0 Å². The van der Waals surface area contributed by atoms with Crippen molar-refractivity contribution in [2.45, 2.75) is 27.3 Å². The molecule has 29 heavy (non-hydrogen) atoms. The lowest BCUT2D eigenvalue weighted by Gasteiger charge is -2.21. The molecule has 0 bridgehead atoms. The Kier molecular flexibility index (Phi) is 4.80. The van der Waals surface area contributed by atoms with Crippen LogP contribution in [-0.2, 0) is 6.54 Å². The van der Waals surface area contributed by atoms with E-state index in [2.05, 4.69) is 15.1 Å². The van der Waals surface area contributed by atoms with Gasteiger partial charge in [0.15, 0.2) is 5.82 Å². The second-order valence-corrected chi connectivity index (χ2v) is 7.01. The SMILES string of the molecule is Cc1ccc(C(=O)N(Cc2nc3nc(C)cc(C)n3n2)c2ccc(F)cc2)cc1. The third kappa shape index (κ3) is 3.85. The molecular formula is C22H20FN5O. The molecule has 2 aromatic heterocycles. The Morgan fingerprint density at radius 3 is 2.38 bits per heavy atom. The van der Waals surface area contributed by atoms with E-state index < -0.39 is 0 Å². The van der Waals surface area contributed by atoms with Crippen molar-refractivity contribution >= 4 is 17.4 Å². The van der Waals surface area contributed by atoms with Crippen molar-refractivity contribution in [3.63, 3.8) is 0 Å². The number of rotatable bonds is 4. The quantitative estimate of drug-likeness (QED) is 0.529. The van der Waals surface area contributed by atoms with Crippen LogP contribution in [0.5, 0.6) is 0 Å². The summed E-state index contributed by atoms with van der Waals surface area (Å²) < 4.78 is 15.1. The minimum absolute atomic E-state index is 0.139. The van der Waals surface area contributed by atoms with Crippen LogP contribution in [0.2, 0.25) is 0 Å². The van der Waals surface area contributed by atoms with Gasteiger partial charge in [-0.3, -0.25) is 4.79 Å². The highest BCUT2D eigenvalue weighted by Gasteiger charge is 2.21. The number of aromatic nitrogens is 4. The van der Waals surface area contributed by atoms with Crippen LogP contribution in [0.4, 0.5) is 10.1 Å². The van der Waals surface area contributed by atoms with Crippen molar-refractivity contribution in [3.8, 4) is 0 Å². The van der Waals surface area contributed by atoms with Gasteiger partial charge in [-0.1, -0.05) is 17.7 Å². The van der Waals surface area contributed by atoms with Gasteiger partial charge < -0.3 is 4.90 Å². The molecule has 1 amide bonds. The Morgan fingerprint density at radius 1 is 1.00 bits per heavy atom. The Labute approximate surface area is 167 Å². The second-order valence-electron chi connectivity index (χ2n) is 7.01. The van der Waals surface area contributed by atoms with Crippen molar-refractivity contribution in [1.29, 1.82) is 0 Å². The minimum Gasteiger partial charge on any atom is -0.301 e. The highest BCUT2D eigenvalue weighted by molar-refractivity contribution is 6.05. The maximum atomic E-state index is 13.4. The second kappa shape index (κ2) is 7.43. The summed E-state index contributed by atoms with van der Waals surface area (Å²) in [7, 11) is 0. The molecule has 0 aliphatic heterocycles. The number of carbonyl (C=O) groups is 1. The van der Waals surface area contributed by atoms with Gasteiger partial charge in [0.05, 0.1) is 6.54 Å².